The quantitative estimate of drug-likeness (QED) is 0.689. The van der Waals surface area contributed by atoms with Crippen LogP contribution in [0.1, 0.15) is 27.2 Å². The number of hydrogen-bond donors (Lipinski definition) is 1. The van der Waals surface area contributed by atoms with Crippen LogP contribution < -0.4 is 5.32 Å². The molecule has 1 rings (SSSR count). The second-order valence-electron chi connectivity index (χ2n) is 5.09. The van der Waals surface area contributed by atoms with Crippen LogP contribution in [-0.4, -0.2) is 48.2 Å². The van der Waals surface area contributed by atoms with Gasteiger partial charge in [0.2, 0.25) is 10.0 Å². The summed E-state index contributed by atoms with van der Waals surface area (Å²) in [5.41, 5.74) is 0. The molecule has 1 heterocycles. The summed E-state index contributed by atoms with van der Waals surface area (Å²) in [7, 11) is -3.56. The molecule has 118 valence electrons. The van der Waals surface area contributed by atoms with Gasteiger partial charge in [0.15, 0.2) is 0 Å². The van der Waals surface area contributed by atoms with E-state index in [9.17, 15) is 8.42 Å². The third-order valence-corrected chi connectivity index (χ3v) is 4.68. The molecule has 0 amide bonds. The standard InChI is InChI=1S/C14H24N4O2S/c1-5-8-18(9-6-2)21(19,20)14-11-16-17(12-14)10-7-15-13(3)4/h1,11-13,15H,6-10H2,2-4H3. The van der Waals surface area contributed by atoms with Crippen LogP contribution >= 0.6 is 0 Å². The van der Waals surface area contributed by atoms with Gasteiger partial charge in [0.05, 0.1) is 19.3 Å². The molecular weight excluding hydrogens is 288 g/mol. The minimum Gasteiger partial charge on any atom is -0.313 e. The van der Waals surface area contributed by atoms with Crippen molar-refractivity contribution in [2.75, 3.05) is 19.6 Å². The van der Waals surface area contributed by atoms with Crippen molar-refractivity contribution >= 4 is 10.0 Å². The molecule has 0 saturated heterocycles. The van der Waals surface area contributed by atoms with Crippen LogP contribution in [0.25, 0.3) is 0 Å². The highest BCUT2D eigenvalue weighted by Crippen LogP contribution is 2.14. The van der Waals surface area contributed by atoms with Gasteiger partial charge in [-0.3, -0.25) is 4.68 Å². The number of terminal acetylenes is 1. The summed E-state index contributed by atoms with van der Waals surface area (Å²) in [4.78, 5) is 0.191. The summed E-state index contributed by atoms with van der Waals surface area (Å²) in [6.45, 7) is 7.88. The monoisotopic (exact) mass is 312 g/mol. The fraction of sp³-hybridized carbons (Fsp3) is 0.643. The fourth-order valence-corrected chi connectivity index (χ4v) is 3.25. The predicted octanol–water partition coefficient (Wildman–Crippen LogP) is 0.915. The van der Waals surface area contributed by atoms with Crippen molar-refractivity contribution in [2.24, 2.45) is 0 Å². The molecule has 0 spiro atoms. The van der Waals surface area contributed by atoms with E-state index in [1.807, 2.05) is 6.92 Å². The number of sulfonamides is 1. The zero-order valence-electron chi connectivity index (χ0n) is 12.9. The predicted molar refractivity (Wildman–Crippen MR) is 83.2 cm³/mol. The molecule has 0 unspecified atom stereocenters. The van der Waals surface area contributed by atoms with Crippen molar-refractivity contribution in [2.45, 2.75) is 44.7 Å². The molecule has 6 nitrogen and oxygen atoms in total. The SMILES string of the molecule is C#CCN(CCC)S(=O)(=O)c1cnn(CCNC(C)C)c1. The van der Waals surface area contributed by atoms with Crippen LogP contribution in [-0.2, 0) is 16.6 Å². The van der Waals surface area contributed by atoms with E-state index in [1.165, 1.54) is 10.5 Å². The van der Waals surface area contributed by atoms with Gasteiger partial charge < -0.3 is 5.32 Å². The lowest BCUT2D eigenvalue weighted by atomic mass is 10.4. The maximum atomic E-state index is 12.5. The molecule has 1 aromatic heterocycles. The number of aromatic nitrogens is 2. The molecule has 7 heteroatoms. The maximum Gasteiger partial charge on any atom is 0.247 e. The lowest BCUT2D eigenvalue weighted by molar-refractivity contribution is 0.445. The first-order valence-corrected chi connectivity index (χ1v) is 8.55. The Balaban J connectivity index is 2.79. The zero-order chi connectivity index (χ0) is 15.9. The Morgan fingerprint density at radius 1 is 1.52 bits per heavy atom. The number of hydrogen-bond acceptors (Lipinski definition) is 4. The highest BCUT2D eigenvalue weighted by Gasteiger charge is 2.24. The van der Waals surface area contributed by atoms with Crippen LogP contribution in [0, 0.1) is 12.3 Å². The maximum absolute atomic E-state index is 12.5. The highest BCUT2D eigenvalue weighted by molar-refractivity contribution is 7.89. The first kappa shape index (κ1) is 17.7. The van der Waals surface area contributed by atoms with Gasteiger partial charge in [0, 0.05) is 25.3 Å². The highest BCUT2D eigenvalue weighted by atomic mass is 32.2. The molecule has 0 aliphatic rings. The van der Waals surface area contributed by atoms with E-state index < -0.39 is 10.0 Å². The van der Waals surface area contributed by atoms with Gasteiger partial charge in [-0.15, -0.1) is 6.42 Å². The van der Waals surface area contributed by atoms with Gasteiger partial charge >= 0.3 is 0 Å². The summed E-state index contributed by atoms with van der Waals surface area (Å²) >= 11 is 0. The minimum atomic E-state index is -3.56. The van der Waals surface area contributed by atoms with Gasteiger partial charge in [0.1, 0.15) is 4.90 Å². The van der Waals surface area contributed by atoms with Gasteiger partial charge in [-0.1, -0.05) is 26.7 Å². The number of rotatable bonds is 9. The minimum absolute atomic E-state index is 0.0796. The van der Waals surface area contributed by atoms with E-state index in [1.54, 1.807) is 10.9 Å². The Kier molecular flexibility index (Phi) is 6.89. The Bertz CT molecular complexity index is 572. The van der Waals surface area contributed by atoms with Crippen molar-refractivity contribution in [3.8, 4) is 12.3 Å². The van der Waals surface area contributed by atoms with Crippen molar-refractivity contribution < 1.29 is 8.42 Å². The summed E-state index contributed by atoms with van der Waals surface area (Å²) in [5, 5.41) is 7.36. The first-order chi connectivity index (χ1) is 9.91. The Morgan fingerprint density at radius 3 is 2.81 bits per heavy atom. The van der Waals surface area contributed by atoms with Crippen LogP contribution in [0.3, 0.4) is 0 Å². The van der Waals surface area contributed by atoms with Crippen LogP contribution in [0.5, 0.6) is 0 Å². The smallest absolute Gasteiger partial charge is 0.247 e. The first-order valence-electron chi connectivity index (χ1n) is 7.11. The summed E-state index contributed by atoms with van der Waals surface area (Å²) in [5.74, 6) is 2.39. The third-order valence-electron chi connectivity index (χ3n) is 2.88. The molecule has 0 atom stereocenters. The summed E-state index contributed by atoms with van der Waals surface area (Å²) < 4.78 is 27.9. The second kappa shape index (κ2) is 8.17. The molecule has 1 N–H and O–H groups in total. The molecule has 0 radical (unpaired) electrons. The Labute approximate surface area is 127 Å². The molecule has 0 bridgehead atoms. The van der Waals surface area contributed by atoms with Crippen LogP contribution in [0.2, 0.25) is 0 Å². The number of nitrogens with one attached hydrogen (secondary N) is 1. The van der Waals surface area contributed by atoms with Crippen LogP contribution in [0.4, 0.5) is 0 Å². The Morgan fingerprint density at radius 2 is 2.24 bits per heavy atom. The second-order valence-corrected chi connectivity index (χ2v) is 7.03. The average molecular weight is 312 g/mol. The van der Waals surface area contributed by atoms with E-state index in [0.717, 1.165) is 6.54 Å². The van der Waals surface area contributed by atoms with E-state index in [-0.39, 0.29) is 11.4 Å². The number of nitrogens with zero attached hydrogens (tertiary/aromatic N) is 3. The summed E-state index contributed by atoms with van der Waals surface area (Å²) in [6.07, 6.45) is 8.90. The van der Waals surface area contributed by atoms with Gasteiger partial charge in [0.25, 0.3) is 0 Å². The zero-order valence-corrected chi connectivity index (χ0v) is 13.7. The molecule has 0 fully saturated rings. The van der Waals surface area contributed by atoms with E-state index in [4.69, 9.17) is 6.42 Å². The Hall–Kier alpha value is -1.36. The summed E-state index contributed by atoms with van der Waals surface area (Å²) in [6, 6.07) is 0.388. The largest absolute Gasteiger partial charge is 0.313 e. The molecule has 0 aromatic carbocycles. The lowest BCUT2D eigenvalue weighted by Crippen LogP contribution is -2.32. The molecule has 0 aliphatic carbocycles. The van der Waals surface area contributed by atoms with Crippen molar-refractivity contribution in [1.29, 1.82) is 0 Å². The molecule has 0 aliphatic heterocycles. The van der Waals surface area contributed by atoms with E-state index >= 15 is 0 Å². The van der Waals surface area contributed by atoms with Gasteiger partial charge in [-0.25, -0.2) is 8.42 Å². The molecule has 1 aromatic rings. The fourth-order valence-electron chi connectivity index (χ4n) is 1.85. The van der Waals surface area contributed by atoms with E-state index in [2.05, 4.69) is 30.2 Å². The van der Waals surface area contributed by atoms with Crippen molar-refractivity contribution in [1.82, 2.24) is 19.4 Å². The van der Waals surface area contributed by atoms with Crippen LogP contribution in [0.15, 0.2) is 17.3 Å². The molecule has 0 saturated carbocycles. The van der Waals surface area contributed by atoms with Gasteiger partial charge in [-0.2, -0.15) is 9.40 Å². The topological polar surface area (TPSA) is 67.2 Å². The normalized spacial score (nSPS) is 12.0. The van der Waals surface area contributed by atoms with Crippen molar-refractivity contribution in [3.05, 3.63) is 12.4 Å². The lowest BCUT2D eigenvalue weighted by Gasteiger charge is -2.17. The average Bonchev–Trinajstić information content (AvgIpc) is 2.87. The van der Waals surface area contributed by atoms with E-state index in [0.29, 0.717) is 25.6 Å². The molecule has 21 heavy (non-hydrogen) atoms. The van der Waals surface area contributed by atoms with Gasteiger partial charge in [-0.05, 0) is 6.42 Å². The van der Waals surface area contributed by atoms with Crippen molar-refractivity contribution in [3.63, 3.8) is 0 Å². The molecular formula is C14H24N4O2S. The third kappa shape index (κ3) is 5.16.